The van der Waals surface area contributed by atoms with Crippen LogP contribution in [0.15, 0.2) is 24.4 Å². The summed E-state index contributed by atoms with van der Waals surface area (Å²) in [5.74, 6) is 1.44. The van der Waals surface area contributed by atoms with Gasteiger partial charge in [-0.25, -0.2) is 13.8 Å². The van der Waals surface area contributed by atoms with E-state index in [1.165, 1.54) is 35.5 Å². The van der Waals surface area contributed by atoms with Gasteiger partial charge in [0.1, 0.15) is 0 Å². The van der Waals surface area contributed by atoms with Crippen LogP contribution in [0.1, 0.15) is 59.5 Å². The number of thiazole rings is 1. The Balaban J connectivity index is 1.04. The van der Waals surface area contributed by atoms with Crippen LogP contribution in [0.3, 0.4) is 0 Å². The highest BCUT2D eigenvalue weighted by Crippen LogP contribution is 2.34. The third kappa shape index (κ3) is 6.11. The van der Waals surface area contributed by atoms with Crippen molar-refractivity contribution >= 4 is 28.0 Å². The number of alkyl halides is 2. The summed E-state index contributed by atoms with van der Waals surface area (Å²) in [6, 6.07) is 5.82. The summed E-state index contributed by atoms with van der Waals surface area (Å²) < 4.78 is 31.7. The van der Waals surface area contributed by atoms with Crippen molar-refractivity contribution in [3.8, 4) is 5.19 Å². The number of nitrogens with zero attached hydrogens (tertiary/aromatic N) is 4. The van der Waals surface area contributed by atoms with Gasteiger partial charge in [-0.05, 0) is 50.1 Å². The second-order valence-electron chi connectivity index (χ2n) is 10.2. The number of carbonyl (C=O) groups is 1. The smallest absolute Gasteiger partial charge is 0.273 e. The van der Waals surface area contributed by atoms with E-state index in [1.807, 2.05) is 31.4 Å². The second-order valence-corrected chi connectivity index (χ2v) is 11.3. The van der Waals surface area contributed by atoms with Gasteiger partial charge in [0.2, 0.25) is 0 Å². The summed E-state index contributed by atoms with van der Waals surface area (Å²) in [5.41, 5.74) is 2.70. The van der Waals surface area contributed by atoms with Crippen LogP contribution in [0.5, 0.6) is 5.19 Å². The van der Waals surface area contributed by atoms with Crippen molar-refractivity contribution in [1.29, 1.82) is 0 Å². The predicted molar refractivity (Wildman–Crippen MR) is 137 cm³/mol. The van der Waals surface area contributed by atoms with Crippen LogP contribution in [0, 0.1) is 11.8 Å². The van der Waals surface area contributed by atoms with Crippen LogP contribution in [0.2, 0.25) is 0 Å². The average Bonchev–Trinajstić information content (AvgIpc) is 3.39. The molecule has 36 heavy (non-hydrogen) atoms. The summed E-state index contributed by atoms with van der Waals surface area (Å²) in [6.45, 7) is 2.43. The minimum Gasteiger partial charge on any atom is -0.464 e. The van der Waals surface area contributed by atoms with Crippen LogP contribution >= 0.6 is 11.3 Å². The fourth-order valence-electron chi connectivity index (χ4n) is 5.67. The molecule has 1 aromatic carbocycles. The Hall–Kier alpha value is -2.39. The lowest BCUT2D eigenvalue weighted by molar-refractivity contribution is 0.0816. The molecule has 1 saturated carbocycles. The highest BCUT2D eigenvalue weighted by molar-refractivity contribution is 7.13. The first-order chi connectivity index (χ1) is 17.4. The molecule has 6 nitrogen and oxygen atoms in total. The zero-order valence-electron chi connectivity index (χ0n) is 20.8. The maximum atomic E-state index is 13.1. The van der Waals surface area contributed by atoms with Crippen LogP contribution in [0.4, 0.5) is 8.78 Å². The van der Waals surface area contributed by atoms with E-state index in [0.717, 1.165) is 73.4 Å². The fourth-order valence-corrected chi connectivity index (χ4v) is 6.62. The lowest BCUT2D eigenvalue weighted by Gasteiger charge is -2.30. The number of fused-ring (bicyclic) bond motifs is 2. The molecule has 3 aromatic rings. The van der Waals surface area contributed by atoms with Crippen molar-refractivity contribution in [2.45, 2.75) is 57.8 Å². The summed E-state index contributed by atoms with van der Waals surface area (Å²) >= 11 is 1.42. The Morgan fingerprint density at radius 2 is 1.94 bits per heavy atom. The molecule has 9 heteroatoms. The van der Waals surface area contributed by atoms with Gasteiger partial charge in [-0.2, -0.15) is 5.10 Å². The second kappa shape index (κ2) is 11.3. The van der Waals surface area contributed by atoms with Crippen LogP contribution in [0.25, 0.3) is 10.9 Å². The van der Waals surface area contributed by atoms with Gasteiger partial charge in [-0.1, -0.05) is 36.3 Å². The fraction of sp³-hybridized carbons (Fsp3) is 0.593. The maximum Gasteiger partial charge on any atom is 0.273 e. The number of ether oxygens (including phenoxy) is 1. The van der Waals surface area contributed by atoms with E-state index in [2.05, 4.69) is 15.0 Å². The Morgan fingerprint density at radius 3 is 2.75 bits per heavy atom. The van der Waals surface area contributed by atoms with E-state index in [-0.39, 0.29) is 5.78 Å². The highest BCUT2D eigenvalue weighted by Gasteiger charge is 2.26. The first-order valence-corrected chi connectivity index (χ1v) is 13.8. The van der Waals surface area contributed by atoms with Gasteiger partial charge in [0.25, 0.3) is 11.6 Å². The highest BCUT2D eigenvalue weighted by atomic mass is 32.1. The van der Waals surface area contributed by atoms with E-state index >= 15 is 0 Å². The molecule has 0 spiro atoms. The molecule has 1 aliphatic carbocycles. The number of carbonyl (C=O) groups excluding carboxylic acids is 1. The van der Waals surface area contributed by atoms with Gasteiger partial charge in [-0.3, -0.25) is 9.48 Å². The molecule has 0 saturated heterocycles. The molecule has 1 fully saturated rings. The van der Waals surface area contributed by atoms with Crippen LogP contribution in [-0.4, -0.2) is 58.1 Å². The number of Topliss-reactive ketones (excluding diaryl/α,β-unsaturated/α-hetero) is 1. The molecule has 2 aliphatic rings. The lowest BCUT2D eigenvalue weighted by atomic mass is 9.78. The van der Waals surface area contributed by atoms with E-state index in [1.54, 1.807) is 4.68 Å². The van der Waals surface area contributed by atoms with Crippen LogP contribution in [-0.2, 0) is 19.9 Å². The van der Waals surface area contributed by atoms with Crippen molar-refractivity contribution in [2.75, 3.05) is 26.2 Å². The van der Waals surface area contributed by atoms with Crippen molar-refractivity contribution in [3.05, 3.63) is 40.5 Å². The molecule has 0 amide bonds. The predicted octanol–water partition coefficient (Wildman–Crippen LogP) is 5.54. The topological polar surface area (TPSA) is 60.2 Å². The van der Waals surface area contributed by atoms with E-state index < -0.39 is 13.0 Å². The van der Waals surface area contributed by atoms with Crippen molar-refractivity contribution in [1.82, 2.24) is 19.7 Å². The Labute approximate surface area is 214 Å². The number of benzene rings is 1. The number of hydrogen-bond acceptors (Lipinski definition) is 6. The summed E-state index contributed by atoms with van der Waals surface area (Å²) in [5, 5.41) is 5.76. The molecular formula is C27H34F2N4O2S. The minimum atomic E-state index is -2.47. The zero-order chi connectivity index (χ0) is 25.1. The van der Waals surface area contributed by atoms with Gasteiger partial charge in [0.05, 0.1) is 11.2 Å². The van der Waals surface area contributed by atoms with Crippen molar-refractivity contribution < 1.29 is 18.3 Å². The Bertz CT molecular complexity index is 1160. The zero-order valence-corrected chi connectivity index (χ0v) is 21.6. The van der Waals surface area contributed by atoms with Gasteiger partial charge in [-0.15, -0.1) is 0 Å². The first-order valence-electron chi connectivity index (χ1n) is 13.0. The Morgan fingerprint density at radius 1 is 1.17 bits per heavy atom. The van der Waals surface area contributed by atoms with E-state index in [9.17, 15) is 13.6 Å². The van der Waals surface area contributed by atoms with Gasteiger partial charge < -0.3 is 9.64 Å². The number of ketones is 1. The SMILES string of the molecule is Cn1cc2c(C(=O)CC3CCC(CCN4CCc5nc(OCC(F)F)sc5CC4)CC3)cccc2n1. The molecule has 0 radical (unpaired) electrons. The molecule has 0 atom stereocenters. The number of aryl methyl sites for hydroxylation is 1. The monoisotopic (exact) mass is 516 g/mol. The third-order valence-electron chi connectivity index (χ3n) is 7.67. The number of hydrogen-bond donors (Lipinski definition) is 0. The van der Waals surface area contributed by atoms with Gasteiger partial charge >= 0.3 is 0 Å². The van der Waals surface area contributed by atoms with Crippen molar-refractivity contribution in [3.63, 3.8) is 0 Å². The van der Waals surface area contributed by atoms with Crippen LogP contribution < -0.4 is 4.74 Å². The summed E-state index contributed by atoms with van der Waals surface area (Å²) in [7, 11) is 1.89. The number of aromatic nitrogens is 3. The third-order valence-corrected chi connectivity index (χ3v) is 8.74. The number of halogens is 2. The molecule has 1 aliphatic heterocycles. The van der Waals surface area contributed by atoms with Crippen molar-refractivity contribution in [2.24, 2.45) is 18.9 Å². The standard InChI is InChI=1S/C27H34F2N4O2S/c1-32-16-21-20(3-2-4-22(21)31-32)24(34)15-19-7-5-18(6-8-19)9-12-33-13-10-23-25(11-14-33)36-27(30-23)35-17-26(28)29/h2-4,16,18-19,26H,5-15,17H2,1H3. The molecule has 194 valence electrons. The molecule has 0 bridgehead atoms. The number of rotatable bonds is 9. The van der Waals surface area contributed by atoms with Gasteiger partial charge in [0.15, 0.2) is 12.4 Å². The molecule has 3 heterocycles. The van der Waals surface area contributed by atoms with Gasteiger partial charge in [0, 0.05) is 55.0 Å². The average molecular weight is 517 g/mol. The molecule has 0 N–H and O–H groups in total. The molecular weight excluding hydrogens is 482 g/mol. The van der Waals surface area contributed by atoms with E-state index in [0.29, 0.717) is 17.5 Å². The largest absolute Gasteiger partial charge is 0.464 e. The Kier molecular flexibility index (Phi) is 7.96. The lowest BCUT2D eigenvalue weighted by Crippen LogP contribution is -2.29. The molecule has 2 aromatic heterocycles. The quantitative estimate of drug-likeness (QED) is 0.349. The maximum absolute atomic E-state index is 13.1. The summed E-state index contributed by atoms with van der Waals surface area (Å²) in [6.07, 6.45) is 7.70. The van der Waals surface area contributed by atoms with E-state index in [4.69, 9.17) is 4.74 Å². The molecule has 5 rings (SSSR count). The minimum absolute atomic E-state index is 0.241. The molecule has 0 unspecified atom stereocenters. The summed E-state index contributed by atoms with van der Waals surface area (Å²) in [4.78, 5) is 21.2. The normalized spacial score (nSPS) is 21.0. The first kappa shape index (κ1) is 25.3.